The molecule has 31 heteroatoms. The zero-order chi connectivity index (χ0) is 108. The summed E-state index contributed by atoms with van der Waals surface area (Å²) < 4.78 is 101. The Balaban J connectivity index is 0.000000222. The summed E-state index contributed by atoms with van der Waals surface area (Å²) in [6.07, 6.45) is 42.2. The first-order valence-corrected chi connectivity index (χ1v) is 57.2. The Hall–Kier alpha value is -9.33. The zero-order valence-corrected chi connectivity index (χ0v) is 90.4. The number of hydrogen-bond donors (Lipinski definition) is 8. The fourth-order valence-electron chi connectivity index (χ4n) is 25.3. The van der Waals surface area contributed by atoms with E-state index >= 15 is 0 Å². The summed E-state index contributed by atoms with van der Waals surface area (Å²) in [6.45, 7) is 7.42. The van der Waals surface area contributed by atoms with Crippen LogP contribution in [0.2, 0.25) is 0 Å². The summed E-state index contributed by atoms with van der Waals surface area (Å²) in [7, 11) is 1.34. The van der Waals surface area contributed by atoms with Crippen molar-refractivity contribution in [2.75, 3.05) is 60.0 Å². The average Bonchev–Trinajstić information content (AvgIpc) is 1.60. The Morgan fingerprint density at radius 2 is 0.553 bits per heavy atom. The molecule has 20 atom stereocenters. The molecule has 0 bridgehead atoms. The lowest BCUT2D eigenvalue weighted by atomic mass is 9.73. The Morgan fingerprint density at radius 3 is 0.787 bits per heavy atom. The molecule has 0 saturated heterocycles. The van der Waals surface area contributed by atoms with Crippen molar-refractivity contribution in [3.63, 3.8) is 0 Å². The lowest BCUT2D eigenvalue weighted by molar-refractivity contribution is -0.140. The van der Waals surface area contributed by atoms with Crippen LogP contribution in [0.4, 0.5) is 32.3 Å². The molecule has 28 nitrogen and oxygen atoms in total. The van der Waals surface area contributed by atoms with Gasteiger partial charge in [0.15, 0.2) is 33.0 Å². The molecular weight excluding hydrogens is 1930 g/mol. The summed E-state index contributed by atoms with van der Waals surface area (Å²) in [6, 6.07) is 23.2. The summed E-state index contributed by atoms with van der Waals surface area (Å²) in [5.41, 5.74) is 8.88. The quantitative estimate of drug-likeness (QED) is 0.0116. The maximum absolute atomic E-state index is 12.5. The number of rotatable bonds is 65. The molecule has 150 heavy (non-hydrogen) atoms. The molecule has 8 aliphatic carbocycles. The highest BCUT2D eigenvalue weighted by atomic mass is 19.3. The second-order valence-corrected chi connectivity index (χ2v) is 43.3. The molecular formula is C119H179F3O28. The van der Waals surface area contributed by atoms with Crippen LogP contribution < -0.4 is 18.9 Å². The van der Waals surface area contributed by atoms with E-state index < -0.39 is 93.1 Å². The Morgan fingerprint density at radius 1 is 0.313 bits per heavy atom. The van der Waals surface area contributed by atoms with Crippen molar-refractivity contribution >= 4 is 48.5 Å². The number of hydrogen-bond acceptors (Lipinski definition) is 24. The van der Waals surface area contributed by atoms with Crippen molar-refractivity contribution in [2.45, 2.75) is 424 Å². The van der Waals surface area contributed by atoms with Crippen LogP contribution in [-0.2, 0) is 108 Å². The second-order valence-electron chi connectivity index (χ2n) is 43.3. The first kappa shape index (κ1) is 124. The van der Waals surface area contributed by atoms with E-state index in [-0.39, 0.29) is 92.5 Å². The molecule has 0 amide bonds. The van der Waals surface area contributed by atoms with E-state index in [1.807, 2.05) is 48.5 Å². The second kappa shape index (κ2) is 68.7. The number of carboxylic acid groups (broad SMARTS) is 4. The molecule has 4 aromatic carbocycles. The molecule has 0 spiro atoms. The highest BCUT2D eigenvalue weighted by molar-refractivity contribution is 5.70. The number of carbonyl (C=O) groups is 8. The number of carbonyl (C=O) groups excluding carboxylic acids is 4. The maximum atomic E-state index is 12.5. The highest BCUT2D eigenvalue weighted by Crippen LogP contribution is 2.54. The van der Waals surface area contributed by atoms with Crippen molar-refractivity contribution < 1.29 is 149 Å². The van der Waals surface area contributed by atoms with E-state index in [4.69, 9.17) is 72.5 Å². The number of aliphatic carboxylic acids is 4. The molecule has 4 aromatic rings. The number of unbranched alkanes of at least 4 members (excludes halogenated alkanes) is 24. The number of ether oxygens (including phenoxy) is 12. The minimum Gasteiger partial charge on any atom is -0.482 e. The van der Waals surface area contributed by atoms with Gasteiger partial charge in [0.05, 0.1) is 38.1 Å². The number of halogens is 3. The SMILES string of the molecule is CCCCCCCCC[C@@H](CC[C@@H]1[C@H]2Cc3cccc(OCC(=O)O)c3C[C@H]2C[C@H]1O)OC(=O)OC.CCCCCCCCC[C@@H](CC[C@@H]1[C@H]2Cc3cccc(OCC(=O)O)c3C[C@H]2C[C@H]1O)OC(=O)OCC.CCCCCCCCC[C@@H](CC[C@@H]1[C@H]2Cc3cccc(OCC(=O)O)c3C[C@H]2C[C@H]1O)OC(=O)OCC(F)F.CCCCCCCCC[C@@H](CC[C@@H]1[C@H]2Cc3cccc(OCC(=O)O)c3C[C@H]2C[C@H]1O)OC(=O)OCCF. The molecule has 0 aliphatic heterocycles. The summed E-state index contributed by atoms with van der Waals surface area (Å²) in [5, 5.41) is 79.9. The number of methoxy groups -OCH3 is 1. The predicted octanol–water partition coefficient (Wildman–Crippen LogP) is 25.1. The lowest BCUT2D eigenvalue weighted by Crippen LogP contribution is -2.29. The minimum absolute atomic E-state index is 0.0315. The monoisotopic (exact) mass is 2110 g/mol. The molecule has 0 radical (unpaired) electrons. The number of benzene rings is 4. The van der Waals surface area contributed by atoms with Crippen LogP contribution in [-0.4, -0.2) is 205 Å². The normalized spacial score (nSPS) is 23.0. The van der Waals surface area contributed by atoms with Crippen LogP contribution in [0.25, 0.3) is 0 Å². The number of aliphatic hydroxyl groups excluding tert-OH is 4. The van der Waals surface area contributed by atoms with Gasteiger partial charge in [0.2, 0.25) is 0 Å². The van der Waals surface area contributed by atoms with Gasteiger partial charge in [-0.3, -0.25) is 0 Å². The van der Waals surface area contributed by atoms with Gasteiger partial charge in [-0.15, -0.1) is 0 Å². The Kier molecular flexibility index (Phi) is 56.9. The molecule has 844 valence electrons. The lowest BCUT2D eigenvalue weighted by Gasteiger charge is -2.32. The summed E-state index contributed by atoms with van der Waals surface area (Å²) in [4.78, 5) is 91.9. The van der Waals surface area contributed by atoms with Crippen LogP contribution in [0, 0.1) is 71.0 Å². The van der Waals surface area contributed by atoms with Gasteiger partial charge < -0.3 is 97.7 Å². The van der Waals surface area contributed by atoms with Crippen molar-refractivity contribution in [1.82, 2.24) is 0 Å². The molecule has 4 saturated carbocycles. The largest absolute Gasteiger partial charge is 0.508 e. The Labute approximate surface area is 888 Å². The van der Waals surface area contributed by atoms with E-state index in [9.17, 15) is 72.0 Å². The molecule has 0 heterocycles. The van der Waals surface area contributed by atoms with Gasteiger partial charge in [0.25, 0.3) is 6.43 Å². The van der Waals surface area contributed by atoms with Crippen LogP contribution in [0.5, 0.6) is 23.0 Å². The third kappa shape index (κ3) is 42.5. The van der Waals surface area contributed by atoms with Crippen LogP contribution in [0.15, 0.2) is 72.8 Å². The maximum Gasteiger partial charge on any atom is 0.508 e. The van der Waals surface area contributed by atoms with Gasteiger partial charge in [-0.2, -0.15) is 0 Å². The average molecular weight is 2110 g/mol. The topological polar surface area (TPSA) is 409 Å². The third-order valence-electron chi connectivity index (χ3n) is 32.7. The fourth-order valence-corrected chi connectivity index (χ4v) is 25.3. The zero-order valence-electron chi connectivity index (χ0n) is 90.4. The standard InChI is InChI=1S/C30H44F2O7.C30H45FO7.C30H46O7.C29H44O7/c1-2-3-4-5-6-7-8-11-22(39-30(36)38-18-28(31)32)13-14-23-24-15-20-10-9-12-27(37-19-29(34)35)25(20)16-21(24)17-26(23)33;1-2-3-4-5-6-7-8-11-23(38-30(35)36-16-15-31)13-14-24-25-17-21-10-9-12-28(37-20-29(33)34)26(21)18-22(25)19-27(24)32;1-3-5-6-7-8-9-10-13-23(37-30(34)35-4-2)15-16-24-25-17-21-12-11-14-28(36-20-29(32)33)26(21)18-22(25)19-27(24)31;1-3-4-5-6-7-8-9-12-22(36-29(33)34-2)14-15-23-24-16-20-11-10-13-27(35-19-28(31)32)25(20)17-21(24)18-26(23)30/h9-10,12,21-24,26,28,33H,2-8,11,13-19H2,1H3,(H,34,35);9-10,12,22-25,27,32H,2-8,11,13-20H2,1H3,(H,33,34);11-12,14,22-25,27,31H,3-10,13,15-20H2,1-2H3,(H,32,33);10-11,13,21-24,26,30H,3-9,12,14-19H2,1-2H3,(H,31,32)/t21-,22-,23+,24-,26+;2*22-,23-,24+,25-,27+;21-,22-,23+,24-,26+/m0000/s1. The Bertz CT molecular complexity index is 4610. The molecule has 4 fully saturated rings. The van der Waals surface area contributed by atoms with Gasteiger partial charge in [-0.05, 0) is 326 Å². The van der Waals surface area contributed by atoms with Crippen molar-refractivity contribution in [1.29, 1.82) is 0 Å². The smallest absolute Gasteiger partial charge is 0.482 e. The highest BCUT2D eigenvalue weighted by Gasteiger charge is 2.50. The predicted molar refractivity (Wildman–Crippen MR) is 563 cm³/mol. The number of carboxylic acids is 4. The van der Waals surface area contributed by atoms with E-state index in [0.29, 0.717) is 104 Å². The van der Waals surface area contributed by atoms with E-state index in [1.54, 1.807) is 13.0 Å². The number of aliphatic hydroxyl groups is 4. The molecule has 8 N–H and O–H groups in total. The van der Waals surface area contributed by atoms with Crippen LogP contribution in [0.3, 0.4) is 0 Å². The van der Waals surface area contributed by atoms with Crippen molar-refractivity contribution in [2.24, 2.45) is 71.0 Å². The van der Waals surface area contributed by atoms with Gasteiger partial charge in [0, 0.05) is 0 Å². The first-order chi connectivity index (χ1) is 72.5. The number of alkyl halides is 3. The summed E-state index contributed by atoms with van der Waals surface area (Å²) >= 11 is 0. The number of fused-ring (bicyclic) bond motifs is 8. The molecule has 12 rings (SSSR count). The fraction of sp³-hybridized carbons (Fsp3) is 0.731. The third-order valence-corrected chi connectivity index (χ3v) is 32.7. The van der Waals surface area contributed by atoms with Crippen molar-refractivity contribution in [3.05, 3.63) is 117 Å². The van der Waals surface area contributed by atoms with Crippen molar-refractivity contribution in [3.8, 4) is 23.0 Å². The molecule has 8 aliphatic rings. The molecule has 0 unspecified atom stereocenters. The van der Waals surface area contributed by atoms with E-state index in [0.717, 1.165) is 207 Å². The van der Waals surface area contributed by atoms with Gasteiger partial charge in [-0.25, -0.2) is 51.5 Å². The first-order valence-electron chi connectivity index (χ1n) is 57.2. The van der Waals surface area contributed by atoms with Gasteiger partial charge in [-0.1, -0.05) is 230 Å². The van der Waals surface area contributed by atoms with E-state index in [1.165, 1.54) is 140 Å². The van der Waals surface area contributed by atoms with E-state index in [2.05, 4.69) is 50.6 Å². The van der Waals surface area contributed by atoms with Crippen LogP contribution >= 0.6 is 0 Å². The molecule has 0 aromatic heterocycles. The van der Waals surface area contributed by atoms with Gasteiger partial charge in [0.1, 0.15) is 60.7 Å². The minimum atomic E-state index is -2.74. The van der Waals surface area contributed by atoms with Gasteiger partial charge >= 0.3 is 48.5 Å². The summed E-state index contributed by atoms with van der Waals surface area (Å²) in [5.74, 6) is 1.47. The van der Waals surface area contributed by atoms with Crippen LogP contribution in [0.1, 0.15) is 362 Å².